The van der Waals surface area contributed by atoms with Crippen LogP contribution in [0.1, 0.15) is 46.0 Å². The number of ether oxygens (including phenoxy) is 1. The maximum absolute atomic E-state index is 5.39. The maximum atomic E-state index is 5.39. The molecule has 2 aliphatic rings. The number of rotatable bonds is 7. The Bertz CT molecular complexity index is 348. The Balaban J connectivity index is 0.00000288. The fraction of sp³-hybridized carbons (Fsp3) is 0.944. The molecule has 0 spiro atoms. The number of hydrogen-bond donors (Lipinski definition) is 2. The number of nitrogens with one attached hydrogen (secondary N) is 2. The molecule has 6 heteroatoms. The second-order valence-corrected chi connectivity index (χ2v) is 6.98. The number of halogens is 1. The first kappa shape index (κ1) is 22.0. The second kappa shape index (κ2) is 13.2. The summed E-state index contributed by atoms with van der Waals surface area (Å²) in [6.07, 6.45) is 6.67. The second-order valence-electron chi connectivity index (χ2n) is 6.98. The van der Waals surface area contributed by atoms with E-state index in [1.807, 2.05) is 0 Å². The molecule has 0 bridgehead atoms. The van der Waals surface area contributed by atoms with Crippen LogP contribution >= 0.6 is 24.0 Å². The predicted molar refractivity (Wildman–Crippen MR) is 112 cm³/mol. The van der Waals surface area contributed by atoms with E-state index in [1.54, 1.807) is 0 Å². The van der Waals surface area contributed by atoms with E-state index < -0.39 is 0 Å². The van der Waals surface area contributed by atoms with Gasteiger partial charge in [-0.2, -0.15) is 0 Å². The van der Waals surface area contributed by atoms with Gasteiger partial charge in [0.1, 0.15) is 0 Å². The van der Waals surface area contributed by atoms with E-state index >= 15 is 0 Å². The Morgan fingerprint density at radius 2 is 1.92 bits per heavy atom. The Morgan fingerprint density at radius 1 is 1.17 bits per heavy atom. The Kier molecular flexibility index (Phi) is 12.0. The van der Waals surface area contributed by atoms with Gasteiger partial charge in [-0.3, -0.25) is 9.89 Å². The van der Waals surface area contributed by atoms with Gasteiger partial charge in [-0.25, -0.2) is 0 Å². The first-order chi connectivity index (χ1) is 11.3. The predicted octanol–water partition coefficient (Wildman–Crippen LogP) is 2.71. The normalized spacial score (nSPS) is 25.8. The van der Waals surface area contributed by atoms with Gasteiger partial charge in [-0.05, 0) is 38.1 Å². The van der Waals surface area contributed by atoms with Crippen LogP contribution in [-0.2, 0) is 4.74 Å². The van der Waals surface area contributed by atoms with E-state index in [-0.39, 0.29) is 24.0 Å². The van der Waals surface area contributed by atoms with Crippen LogP contribution in [0.15, 0.2) is 4.99 Å². The maximum Gasteiger partial charge on any atom is 0.191 e. The van der Waals surface area contributed by atoms with Crippen molar-refractivity contribution in [2.45, 2.75) is 46.0 Å². The summed E-state index contributed by atoms with van der Waals surface area (Å²) in [6.45, 7) is 12.5. The molecular weight excluding hydrogens is 415 g/mol. The zero-order valence-electron chi connectivity index (χ0n) is 15.6. The third kappa shape index (κ3) is 8.34. The van der Waals surface area contributed by atoms with E-state index in [2.05, 4.69) is 29.4 Å². The highest BCUT2D eigenvalue weighted by Gasteiger charge is 2.20. The molecule has 2 N–H and O–H groups in total. The third-order valence-electron chi connectivity index (χ3n) is 5.16. The van der Waals surface area contributed by atoms with Crippen molar-refractivity contribution in [3.63, 3.8) is 0 Å². The summed E-state index contributed by atoms with van der Waals surface area (Å²) in [5.74, 6) is 2.59. The summed E-state index contributed by atoms with van der Waals surface area (Å²) in [5, 5.41) is 6.88. The van der Waals surface area contributed by atoms with Gasteiger partial charge >= 0.3 is 0 Å². The smallest absolute Gasteiger partial charge is 0.191 e. The summed E-state index contributed by atoms with van der Waals surface area (Å²) < 4.78 is 5.39. The minimum Gasteiger partial charge on any atom is -0.379 e. The molecule has 0 aromatic carbocycles. The minimum atomic E-state index is 0. The molecule has 1 aliphatic carbocycles. The molecule has 0 aromatic rings. The van der Waals surface area contributed by atoms with Crippen molar-refractivity contribution in [1.82, 2.24) is 15.5 Å². The molecule has 2 rings (SSSR count). The van der Waals surface area contributed by atoms with Crippen LogP contribution in [0.2, 0.25) is 0 Å². The topological polar surface area (TPSA) is 48.9 Å². The van der Waals surface area contributed by atoms with Crippen molar-refractivity contribution in [1.29, 1.82) is 0 Å². The number of nitrogens with zero attached hydrogens (tertiary/aromatic N) is 2. The third-order valence-corrected chi connectivity index (χ3v) is 5.16. The summed E-state index contributed by atoms with van der Waals surface area (Å²) in [6, 6.07) is 0. The average Bonchev–Trinajstić information content (AvgIpc) is 2.58. The largest absolute Gasteiger partial charge is 0.379 e. The highest BCUT2D eigenvalue weighted by atomic mass is 127. The fourth-order valence-electron chi connectivity index (χ4n) is 3.55. The highest BCUT2D eigenvalue weighted by molar-refractivity contribution is 14.0. The summed E-state index contributed by atoms with van der Waals surface area (Å²) in [7, 11) is 0. The van der Waals surface area contributed by atoms with Crippen molar-refractivity contribution in [3.05, 3.63) is 0 Å². The Hall–Kier alpha value is -0.0800. The number of guanidine groups is 1. The lowest BCUT2D eigenvalue weighted by Crippen LogP contribution is -2.41. The molecule has 1 saturated carbocycles. The van der Waals surface area contributed by atoms with Gasteiger partial charge in [0.05, 0.1) is 13.2 Å². The van der Waals surface area contributed by atoms with Crippen molar-refractivity contribution < 1.29 is 4.74 Å². The monoisotopic (exact) mass is 452 g/mol. The van der Waals surface area contributed by atoms with Gasteiger partial charge in [-0.1, -0.05) is 26.2 Å². The van der Waals surface area contributed by atoms with Crippen LogP contribution in [0.3, 0.4) is 0 Å². The first-order valence-electron chi connectivity index (χ1n) is 9.62. The molecule has 2 fully saturated rings. The van der Waals surface area contributed by atoms with Crippen molar-refractivity contribution in [2.24, 2.45) is 16.8 Å². The molecule has 2 unspecified atom stereocenters. The number of aliphatic imine (C=N–C) groups is 1. The van der Waals surface area contributed by atoms with Crippen molar-refractivity contribution in [2.75, 3.05) is 52.5 Å². The number of hydrogen-bond acceptors (Lipinski definition) is 3. The molecule has 1 saturated heterocycles. The van der Waals surface area contributed by atoms with Crippen LogP contribution in [0.4, 0.5) is 0 Å². The van der Waals surface area contributed by atoms with Crippen LogP contribution in [0.25, 0.3) is 0 Å². The van der Waals surface area contributed by atoms with Crippen molar-refractivity contribution in [3.8, 4) is 0 Å². The van der Waals surface area contributed by atoms with Crippen LogP contribution in [0, 0.1) is 11.8 Å². The molecule has 0 radical (unpaired) electrons. The van der Waals surface area contributed by atoms with E-state index in [1.165, 1.54) is 25.7 Å². The zero-order valence-corrected chi connectivity index (χ0v) is 17.9. The summed E-state index contributed by atoms with van der Waals surface area (Å²) in [4.78, 5) is 7.32. The van der Waals surface area contributed by atoms with E-state index in [0.717, 1.165) is 76.7 Å². The van der Waals surface area contributed by atoms with E-state index in [9.17, 15) is 0 Å². The van der Waals surface area contributed by atoms with Gasteiger partial charge in [-0.15, -0.1) is 24.0 Å². The molecule has 1 heterocycles. The lowest BCUT2D eigenvalue weighted by Gasteiger charge is -2.27. The average molecular weight is 452 g/mol. The fourth-order valence-corrected chi connectivity index (χ4v) is 3.55. The number of morpholine rings is 1. The first-order valence-corrected chi connectivity index (χ1v) is 9.62. The summed E-state index contributed by atoms with van der Waals surface area (Å²) in [5.41, 5.74) is 0. The van der Waals surface area contributed by atoms with Gasteiger partial charge < -0.3 is 15.4 Å². The molecule has 0 amide bonds. The standard InChI is InChI=1S/C18H36N4O.HI/c1-3-19-18(21-15-17-8-5-4-7-16(17)2)20-9-6-10-22-11-13-23-14-12-22;/h16-17H,3-15H2,1-2H3,(H2,19,20,21);1H. The molecular formula is C18H37IN4O. The van der Waals surface area contributed by atoms with Crippen molar-refractivity contribution >= 4 is 29.9 Å². The van der Waals surface area contributed by atoms with Gasteiger partial charge in [0.2, 0.25) is 0 Å². The molecule has 1 aliphatic heterocycles. The van der Waals surface area contributed by atoms with E-state index in [0.29, 0.717) is 0 Å². The molecule has 24 heavy (non-hydrogen) atoms. The van der Waals surface area contributed by atoms with Gasteiger partial charge in [0.25, 0.3) is 0 Å². The van der Waals surface area contributed by atoms with Crippen LogP contribution in [-0.4, -0.2) is 63.3 Å². The minimum absolute atomic E-state index is 0. The molecule has 0 aromatic heterocycles. The Labute approximate surface area is 165 Å². The lowest BCUT2D eigenvalue weighted by atomic mass is 9.80. The molecule has 5 nitrogen and oxygen atoms in total. The SMILES string of the molecule is CCNC(=NCC1CCCCC1C)NCCCN1CCOCC1.I. The van der Waals surface area contributed by atoms with E-state index in [4.69, 9.17) is 9.73 Å². The Morgan fingerprint density at radius 3 is 2.62 bits per heavy atom. The van der Waals surface area contributed by atoms with Crippen LogP contribution < -0.4 is 10.6 Å². The van der Waals surface area contributed by atoms with Gasteiger partial charge in [0.15, 0.2) is 5.96 Å². The lowest BCUT2D eigenvalue weighted by molar-refractivity contribution is 0.0376. The quantitative estimate of drug-likeness (QED) is 0.270. The highest BCUT2D eigenvalue weighted by Crippen LogP contribution is 2.29. The zero-order chi connectivity index (χ0) is 16.3. The molecule has 2 atom stereocenters. The summed E-state index contributed by atoms with van der Waals surface area (Å²) >= 11 is 0. The van der Waals surface area contributed by atoms with Gasteiger partial charge in [0, 0.05) is 32.7 Å². The van der Waals surface area contributed by atoms with Crippen LogP contribution in [0.5, 0.6) is 0 Å². The molecule has 142 valence electrons.